The van der Waals surface area contributed by atoms with E-state index in [0.29, 0.717) is 16.8 Å². The first kappa shape index (κ1) is 12.8. The second kappa shape index (κ2) is 5.69. The molecule has 0 fully saturated rings. The summed E-state index contributed by atoms with van der Waals surface area (Å²) in [6, 6.07) is 0. The van der Waals surface area contributed by atoms with Gasteiger partial charge in [0.25, 0.3) is 0 Å². The Labute approximate surface area is 98.5 Å². The molecule has 0 aliphatic rings. The molecule has 16 heavy (non-hydrogen) atoms. The zero-order valence-electron chi connectivity index (χ0n) is 9.30. The smallest absolute Gasteiger partial charge is 0.341 e. The SMILES string of the molecule is CCC(C)SCc1ncc(C(=O)O)c(N)n1. The van der Waals surface area contributed by atoms with Crippen molar-refractivity contribution in [2.75, 3.05) is 5.73 Å². The fourth-order valence-electron chi connectivity index (χ4n) is 1.00. The highest BCUT2D eigenvalue weighted by Crippen LogP contribution is 2.18. The van der Waals surface area contributed by atoms with Gasteiger partial charge in [0.05, 0.1) is 5.75 Å². The van der Waals surface area contributed by atoms with Gasteiger partial charge in [-0.05, 0) is 6.42 Å². The number of hydrogen-bond acceptors (Lipinski definition) is 5. The van der Waals surface area contributed by atoms with E-state index in [9.17, 15) is 4.79 Å². The number of hydrogen-bond donors (Lipinski definition) is 2. The van der Waals surface area contributed by atoms with Crippen LogP contribution in [0.2, 0.25) is 0 Å². The number of rotatable bonds is 5. The Bertz CT molecular complexity index is 384. The maximum atomic E-state index is 10.7. The summed E-state index contributed by atoms with van der Waals surface area (Å²) < 4.78 is 0. The summed E-state index contributed by atoms with van der Waals surface area (Å²) in [5.74, 6) is 0.160. The minimum absolute atomic E-state index is 0.0299. The van der Waals surface area contributed by atoms with E-state index in [-0.39, 0.29) is 11.4 Å². The summed E-state index contributed by atoms with van der Waals surface area (Å²) in [4.78, 5) is 18.6. The quantitative estimate of drug-likeness (QED) is 0.817. The van der Waals surface area contributed by atoms with Crippen LogP contribution in [0.25, 0.3) is 0 Å². The van der Waals surface area contributed by atoms with E-state index in [4.69, 9.17) is 10.8 Å². The van der Waals surface area contributed by atoms with Crippen molar-refractivity contribution >= 4 is 23.5 Å². The van der Waals surface area contributed by atoms with Gasteiger partial charge in [-0.2, -0.15) is 11.8 Å². The van der Waals surface area contributed by atoms with Gasteiger partial charge in [-0.3, -0.25) is 0 Å². The van der Waals surface area contributed by atoms with Crippen molar-refractivity contribution in [2.24, 2.45) is 0 Å². The molecular formula is C10H15N3O2S. The maximum Gasteiger partial charge on any atom is 0.341 e. The Balaban J connectivity index is 2.70. The first-order valence-corrected chi connectivity index (χ1v) is 6.05. The minimum Gasteiger partial charge on any atom is -0.477 e. The van der Waals surface area contributed by atoms with E-state index >= 15 is 0 Å². The molecule has 5 nitrogen and oxygen atoms in total. The van der Waals surface area contributed by atoms with Crippen LogP contribution in [0.1, 0.15) is 36.5 Å². The van der Waals surface area contributed by atoms with Crippen LogP contribution in [0.3, 0.4) is 0 Å². The van der Waals surface area contributed by atoms with Crippen LogP contribution in [-0.4, -0.2) is 26.3 Å². The van der Waals surface area contributed by atoms with E-state index < -0.39 is 5.97 Å². The fraction of sp³-hybridized carbons (Fsp3) is 0.500. The number of aromatic nitrogens is 2. The predicted molar refractivity (Wildman–Crippen MR) is 64.5 cm³/mol. The number of nitrogen functional groups attached to an aromatic ring is 1. The van der Waals surface area contributed by atoms with Gasteiger partial charge in [-0.15, -0.1) is 0 Å². The molecule has 0 spiro atoms. The van der Waals surface area contributed by atoms with Crippen molar-refractivity contribution in [1.82, 2.24) is 9.97 Å². The van der Waals surface area contributed by atoms with Gasteiger partial charge in [-0.1, -0.05) is 13.8 Å². The van der Waals surface area contributed by atoms with Crippen LogP contribution in [0.15, 0.2) is 6.20 Å². The Morgan fingerprint density at radius 3 is 2.88 bits per heavy atom. The highest BCUT2D eigenvalue weighted by Gasteiger charge is 2.11. The largest absolute Gasteiger partial charge is 0.477 e. The van der Waals surface area contributed by atoms with E-state index in [1.165, 1.54) is 6.20 Å². The summed E-state index contributed by atoms with van der Waals surface area (Å²) in [7, 11) is 0. The Morgan fingerprint density at radius 2 is 2.38 bits per heavy atom. The lowest BCUT2D eigenvalue weighted by molar-refractivity contribution is 0.0697. The molecule has 1 unspecified atom stereocenters. The number of carboxylic acids is 1. The van der Waals surface area contributed by atoms with E-state index in [1.54, 1.807) is 11.8 Å². The van der Waals surface area contributed by atoms with Gasteiger partial charge in [0.2, 0.25) is 0 Å². The molecule has 0 aromatic carbocycles. The number of thioether (sulfide) groups is 1. The number of carbonyl (C=O) groups is 1. The third-order valence-corrected chi connectivity index (χ3v) is 3.50. The summed E-state index contributed by atoms with van der Waals surface area (Å²) in [6.07, 6.45) is 2.34. The lowest BCUT2D eigenvalue weighted by Gasteiger charge is -2.07. The van der Waals surface area contributed by atoms with E-state index in [0.717, 1.165) is 6.42 Å². The van der Waals surface area contributed by atoms with Crippen LogP contribution in [0, 0.1) is 0 Å². The van der Waals surface area contributed by atoms with Gasteiger partial charge in [-0.25, -0.2) is 14.8 Å². The molecule has 0 aliphatic heterocycles. The lowest BCUT2D eigenvalue weighted by atomic mass is 10.3. The molecule has 0 radical (unpaired) electrons. The first-order chi connectivity index (χ1) is 7.54. The minimum atomic E-state index is -1.10. The second-order valence-electron chi connectivity index (χ2n) is 3.42. The van der Waals surface area contributed by atoms with Gasteiger partial charge < -0.3 is 10.8 Å². The highest BCUT2D eigenvalue weighted by molar-refractivity contribution is 7.99. The molecule has 0 aliphatic carbocycles. The van der Waals surface area contributed by atoms with Crippen LogP contribution < -0.4 is 5.73 Å². The lowest BCUT2D eigenvalue weighted by Crippen LogP contribution is -2.08. The highest BCUT2D eigenvalue weighted by atomic mass is 32.2. The molecule has 6 heteroatoms. The van der Waals surface area contributed by atoms with Crippen molar-refractivity contribution < 1.29 is 9.90 Å². The zero-order valence-corrected chi connectivity index (χ0v) is 10.1. The molecule has 1 heterocycles. The molecule has 0 saturated carbocycles. The Kier molecular flexibility index (Phi) is 4.54. The number of nitrogens with zero attached hydrogens (tertiary/aromatic N) is 2. The van der Waals surface area contributed by atoms with Crippen LogP contribution in [0.5, 0.6) is 0 Å². The third kappa shape index (κ3) is 3.37. The predicted octanol–water partition coefficient (Wildman–Crippen LogP) is 1.79. The van der Waals surface area contributed by atoms with Crippen LogP contribution >= 0.6 is 11.8 Å². The standard InChI is InChI=1S/C10H15N3O2S/c1-3-6(2)16-5-8-12-4-7(10(14)15)9(11)13-8/h4,6H,3,5H2,1-2H3,(H,14,15)(H2,11,12,13). The Morgan fingerprint density at radius 1 is 1.69 bits per heavy atom. The molecule has 0 saturated heterocycles. The van der Waals surface area contributed by atoms with Crippen molar-refractivity contribution in [3.8, 4) is 0 Å². The van der Waals surface area contributed by atoms with E-state index in [1.807, 2.05) is 0 Å². The number of nitrogens with two attached hydrogens (primary N) is 1. The molecule has 88 valence electrons. The summed E-state index contributed by atoms with van der Waals surface area (Å²) in [5, 5.41) is 9.28. The molecule has 1 atom stereocenters. The summed E-state index contributed by atoms with van der Waals surface area (Å²) in [5.41, 5.74) is 5.48. The second-order valence-corrected chi connectivity index (χ2v) is 4.85. The maximum absolute atomic E-state index is 10.7. The molecule has 1 rings (SSSR count). The van der Waals surface area contributed by atoms with Gasteiger partial charge in [0.1, 0.15) is 17.2 Å². The molecule has 0 amide bonds. The zero-order chi connectivity index (χ0) is 12.1. The average molecular weight is 241 g/mol. The van der Waals surface area contributed by atoms with Crippen molar-refractivity contribution in [3.05, 3.63) is 17.6 Å². The third-order valence-electron chi connectivity index (χ3n) is 2.17. The van der Waals surface area contributed by atoms with Crippen molar-refractivity contribution in [3.63, 3.8) is 0 Å². The van der Waals surface area contributed by atoms with Gasteiger partial charge in [0.15, 0.2) is 0 Å². The molecular weight excluding hydrogens is 226 g/mol. The normalized spacial score (nSPS) is 12.4. The number of aromatic carboxylic acids is 1. The first-order valence-electron chi connectivity index (χ1n) is 5.00. The number of anilines is 1. The monoisotopic (exact) mass is 241 g/mol. The molecule has 0 bridgehead atoms. The van der Waals surface area contributed by atoms with Crippen LogP contribution in [0.4, 0.5) is 5.82 Å². The number of carboxylic acid groups (broad SMARTS) is 1. The molecule has 1 aromatic heterocycles. The topological polar surface area (TPSA) is 89.1 Å². The Hall–Kier alpha value is -1.30. The van der Waals surface area contributed by atoms with Crippen LogP contribution in [-0.2, 0) is 5.75 Å². The van der Waals surface area contributed by atoms with Crippen molar-refractivity contribution in [1.29, 1.82) is 0 Å². The van der Waals surface area contributed by atoms with E-state index in [2.05, 4.69) is 23.8 Å². The van der Waals surface area contributed by atoms with Gasteiger partial charge >= 0.3 is 5.97 Å². The summed E-state index contributed by atoms with van der Waals surface area (Å²) in [6.45, 7) is 4.24. The van der Waals surface area contributed by atoms with Gasteiger partial charge in [0, 0.05) is 11.4 Å². The molecule has 1 aromatic rings. The fourth-order valence-corrected chi connectivity index (χ4v) is 1.81. The van der Waals surface area contributed by atoms with Crippen molar-refractivity contribution in [2.45, 2.75) is 31.3 Å². The average Bonchev–Trinajstić information content (AvgIpc) is 2.25. The summed E-state index contributed by atoms with van der Waals surface area (Å²) >= 11 is 1.72. The molecule has 3 N–H and O–H groups in total.